The van der Waals surface area contributed by atoms with E-state index in [4.69, 9.17) is 24.3 Å². The minimum absolute atomic E-state index is 0.0473. The van der Waals surface area contributed by atoms with E-state index < -0.39 is 56.4 Å². The van der Waals surface area contributed by atoms with Gasteiger partial charge in [0.25, 0.3) is 0 Å². The number of carbonyl (C=O) groups is 1. The van der Waals surface area contributed by atoms with Crippen molar-refractivity contribution in [1.29, 1.82) is 0 Å². The van der Waals surface area contributed by atoms with Crippen LogP contribution in [0.1, 0.15) is 18.7 Å². The number of carbonyl (C=O) groups excluding carboxylic acids is 1. The van der Waals surface area contributed by atoms with E-state index in [0.29, 0.717) is 4.57 Å². The van der Waals surface area contributed by atoms with Crippen molar-refractivity contribution in [3.63, 3.8) is 0 Å². The van der Waals surface area contributed by atoms with E-state index in [-0.39, 0.29) is 18.2 Å². The number of ether oxygens (including phenoxy) is 2. The molecule has 0 spiro atoms. The maximum Gasteiger partial charge on any atom is 0.459 e. The molecule has 0 aliphatic carbocycles. The lowest BCUT2D eigenvalue weighted by Crippen LogP contribution is -2.42. The molecule has 40 heavy (non-hydrogen) atoms. The Labute approximate surface area is 227 Å². The number of alkyl halides is 2. The number of nitrogen functional groups attached to an aromatic ring is 1. The number of nitrogens with two attached hydrogens (primary N) is 1. The van der Waals surface area contributed by atoms with E-state index in [9.17, 15) is 28.0 Å². The zero-order valence-corrected chi connectivity index (χ0v) is 22.0. The van der Waals surface area contributed by atoms with Crippen molar-refractivity contribution in [2.24, 2.45) is 0 Å². The molecule has 214 valence electrons. The van der Waals surface area contributed by atoms with Gasteiger partial charge in [-0.2, -0.15) is 18.9 Å². The standard InChI is InChI=1S/C25H27F2N4O8P/c1-16(22(33)36-14-17-8-4-2-5-9-17)30-40(35,39-18-10-6-3-7-11-18)37-15-19-21(32)25(26,27)23(38-19)31-13-12-20(28)29-24(31)34/h2-13,16,19,21,23,32H,14-15H2,1H3,(H,30,35)(H2,28,29,34)/t16-,19?,21?,23?,40?/m0/s1. The van der Waals surface area contributed by atoms with Gasteiger partial charge in [-0.25, -0.2) is 9.36 Å². The van der Waals surface area contributed by atoms with Crippen molar-refractivity contribution in [2.75, 3.05) is 12.3 Å². The lowest BCUT2D eigenvalue weighted by Gasteiger charge is -2.24. The molecule has 1 fully saturated rings. The van der Waals surface area contributed by atoms with Gasteiger partial charge in [0, 0.05) is 6.20 Å². The molecule has 1 saturated heterocycles. The second-order valence-electron chi connectivity index (χ2n) is 8.83. The molecule has 3 aromatic rings. The number of esters is 1. The van der Waals surface area contributed by atoms with Gasteiger partial charge in [0.05, 0.1) is 6.61 Å². The quantitative estimate of drug-likeness (QED) is 0.226. The lowest BCUT2D eigenvalue weighted by molar-refractivity contribution is -0.146. The Morgan fingerprint density at radius 1 is 1.20 bits per heavy atom. The summed E-state index contributed by atoms with van der Waals surface area (Å²) in [4.78, 5) is 28.1. The molecular weight excluding hydrogens is 553 g/mol. The van der Waals surface area contributed by atoms with Crippen LogP contribution in [0.3, 0.4) is 0 Å². The first-order valence-electron chi connectivity index (χ1n) is 12.0. The molecule has 1 aliphatic heterocycles. The molecule has 0 radical (unpaired) electrons. The van der Waals surface area contributed by atoms with Crippen molar-refractivity contribution >= 4 is 19.5 Å². The Kier molecular flexibility index (Phi) is 8.96. The Balaban J connectivity index is 1.47. The molecule has 15 heteroatoms. The molecule has 4 unspecified atom stereocenters. The number of aliphatic hydroxyl groups is 1. The molecule has 12 nitrogen and oxygen atoms in total. The Hall–Kier alpha value is -3.68. The largest absolute Gasteiger partial charge is 0.460 e. The first kappa shape index (κ1) is 29.3. The molecular formula is C25H27F2N4O8P. The van der Waals surface area contributed by atoms with E-state index >= 15 is 0 Å². The van der Waals surface area contributed by atoms with Gasteiger partial charge in [-0.3, -0.25) is 13.9 Å². The third-order valence-electron chi connectivity index (χ3n) is 5.79. The van der Waals surface area contributed by atoms with Gasteiger partial charge in [-0.15, -0.1) is 0 Å². The number of benzene rings is 2. The number of nitrogens with one attached hydrogen (secondary N) is 1. The highest BCUT2D eigenvalue weighted by atomic mass is 31.2. The fourth-order valence-electron chi connectivity index (χ4n) is 3.74. The van der Waals surface area contributed by atoms with E-state index in [1.54, 1.807) is 48.5 Å². The fourth-order valence-corrected chi connectivity index (χ4v) is 5.24. The molecule has 4 N–H and O–H groups in total. The number of hydrogen-bond acceptors (Lipinski definition) is 10. The number of anilines is 1. The van der Waals surface area contributed by atoms with Crippen LogP contribution in [0.5, 0.6) is 5.75 Å². The molecule has 0 saturated carbocycles. The van der Waals surface area contributed by atoms with Crippen LogP contribution in [0.15, 0.2) is 77.7 Å². The average molecular weight is 580 g/mol. The molecule has 2 aromatic carbocycles. The van der Waals surface area contributed by atoms with Crippen LogP contribution in [0.2, 0.25) is 0 Å². The van der Waals surface area contributed by atoms with Crippen LogP contribution >= 0.6 is 7.75 Å². The van der Waals surface area contributed by atoms with Crippen molar-refractivity contribution in [3.05, 3.63) is 89.0 Å². The highest BCUT2D eigenvalue weighted by Gasteiger charge is 2.60. The maximum absolute atomic E-state index is 14.9. The molecule has 0 bridgehead atoms. The molecule has 5 atom stereocenters. The monoisotopic (exact) mass is 580 g/mol. The number of rotatable bonds is 11. The lowest BCUT2D eigenvalue weighted by atomic mass is 10.1. The minimum atomic E-state index is -4.46. The van der Waals surface area contributed by atoms with Crippen molar-refractivity contribution in [2.45, 2.75) is 43.9 Å². The van der Waals surface area contributed by atoms with Gasteiger partial charge >= 0.3 is 25.3 Å². The van der Waals surface area contributed by atoms with Gasteiger partial charge in [0.15, 0.2) is 6.10 Å². The van der Waals surface area contributed by atoms with E-state index in [0.717, 1.165) is 17.8 Å². The summed E-state index contributed by atoms with van der Waals surface area (Å²) in [7, 11) is -4.46. The third-order valence-corrected chi connectivity index (χ3v) is 7.43. The van der Waals surface area contributed by atoms with Gasteiger partial charge < -0.3 is 24.8 Å². The van der Waals surface area contributed by atoms with Gasteiger partial charge in [0.2, 0.25) is 6.23 Å². The van der Waals surface area contributed by atoms with Crippen LogP contribution in [0, 0.1) is 0 Å². The third kappa shape index (κ3) is 6.90. The van der Waals surface area contributed by atoms with Crippen LogP contribution in [0.4, 0.5) is 14.6 Å². The van der Waals surface area contributed by atoms with Crippen molar-refractivity contribution in [1.82, 2.24) is 14.6 Å². The smallest absolute Gasteiger partial charge is 0.459 e. The highest BCUT2D eigenvalue weighted by molar-refractivity contribution is 7.52. The molecule has 2 heterocycles. The number of halogens is 2. The van der Waals surface area contributed by atoms with Crippen molar-refractivity contribution in [3.8, 4) is 5.75 Å². The van der Waals surface area contributed by atoms with Crippen LogP contribution in [0.25, 0.3) is 0 Å². The molecule has 0 amide bonds. The fraction of sp³-hybridized carbons (Fsp3) is 0.320. The molecule has 1 aliphatic rings. The maximum atomic E-state index is 14.9. The Bertz CT molecular complexity index is 1410. The molecule has 1 aromatic heterocycles. The minimum Gasteiger partial charge on any atom is -0.460 e. The molecule has 4 rings (SSSR count). The summed E-state index contributed by atoms with van der Waals surface area (Å²) in [5, 5.41) is 12.7. The summed E-state index contributed by atoms with van der Waals surface area (Å²) in [5.74, 6) is -4.85. The zero-order valence-electron chi connectivity index (χ0n) is 21.1. The first-order chi connectivity index (χ1) is 19.0. The van der Waals surface area contributed by atoms with Gasteiger partial charge in [-0.1, -0.05) is 48.5 Å². The summed E-state index contributed by atoms with van der Waals surface area (Å²) in [6, 6.07) is 16.5. The average Bonchev–Trinajstić information content (AvgIpc) is 3.15. The summed E-state index contributed by atoms with van der Waals surface area (Å²) in [6.07, 6.45) is -5.50. The van der Waals surface area contributed by atoms with Crippen LogP contribution in [-0.4, -0.2) is 51.4 Å². The van der Waals surface area contributed by atoms with Crippen LogP contribution in [-0.2, 0) is 30.0 Å². The van der Waals surface area contributed by atoms with E-state index in [2.05, 4.69) is 10.1 Å². The summed E-state index contributed by atoms with van der Waals surface area (Å²) >= 11 is 0. The Morgan fingerprint density at radius 3 is 2.50 bits per heavy atom. The number of aliphatic hydroxyl groups excluding tert-OH is 1. The zero-order chi connectivity index (χ0) is 28.9. The normalized spacial score (nSPS) is 22.2. The van der Waals surface area contributed by atoms with E-state index in [1.807, 2.05) is 0 Å². The first-order valence-corrected chi connectivity index (χ1v) is 13.6. The second kappa shape index (κ2) is 12.2. The summed E-state index contributed by atoms with van der Waals surface area (Å²) < 4.78 is 65.3. The van der Waals surface area contributed by atoms with Gasteiger partial charge in [0.1, 0.15) is 30.3 Å². The Morgan fingerprint density at radius 2 is 1.85 bits per heavy atom. The topological polar surface area (TPSA) is 164 Å². The number of hydrogen-bond donors (Lipinski definition) is 3. The van der Waals surface area contributed by atoms with Crippen LogP contribution < -0.4 is 21.0 Å². The van der Waals surface area contributed by atoms with E-state index in [1.165, 1.54) is 19.1 Å². The predicted octanol–water partition coefficient (Wildman–Crippen LogP) is 2.64. The summed E-state index contributed by atoms with van der Waals surface area (Å²) in [5.41, 5.74) is 5.01. The van der Waals surface area contributed by atoms with Crippen molar-refractivity contribution < 1.29 is 41.8 Å². The summed E-state index contributed by atoms with van der Waals surface area (Å²) in [6.45, 7) is 0.435. The number of nitrogens with zero attached hydrogens (tertiary/aromatic N) is 2. The highest BCUT2D eigenvalue weighted by Crippen LogP contribution is 2.48. The predicted molar refractivity (Wildman–Crippen MR) is 137 cm³/mol. The number of para-hydroxylation sites is 1. The second-order valence-corrected chi connectivity index (χ2v) is 10.5. The number of aromatic nitrogens is 2. The SMILES string of the molecule is C[C@H](NP(=O)(OCC1OC(n2ccc(N)nc2=O)C(F)(F)C1O)Oc1ccccc1)C(=O)OCc1ccccc1. The van der Waals surface area contributed by atoms with Gasteiger partial charge in [-0.05, 0) is 30.7 Å².